The average Bonchev–Trinajstić information content (AvgIpc) is 2.82. The van der Waals surface area contributed by atoms with Crippen molar-refractivity contribution in [3.05, 3.63) is 42.2 Å². The Morgan fingerprint density at radius 1 is 1.33 bits per heavy atom. The van der Waals surface area contributed by atoms with Crippen LogP contribution in [0.25, 0.3) is 0 Å². The minimum absolute atomic E-state index is 0.118. The molecule has 2 N–H and O–H groups in total. The van der Waals surface area contributed by atoms with Crippen molar-refractivity contribution in [2.24, 2.45) is 0 Å². The number of rotatable bonds is 4. The van der Waals surface area contributed by atoms with Gasteiger partial charge in [-0.2, -0.15) is 0 Å². The molecule has 0 fully saturated rings. The van der Waals surface area contributed by atoms with Crippen LogP contribution >= 0.6 is 0 Å². The quantitative estimate of drug-likeness (QED) is 0.869. The molecular weight excluding hydrogens is 230 g/mol. The molecule has 0 saturated heterocycles. The summed E-state index contributed by atoms with van der Waals surface area (Å²) in [7, 11) is 0. The van der Waals surface area contributed by atoms with Gasteiger partial charge in [0.25, 0.3) is 5.91 Å². The number of benzene rings is 1. The van der Waals surface area contributed by atoms with E-state index in [1.807, 2.05) is 13.8 Å². The highest BCUT2D eigenvalue weighted by molar-refractivity contribution is 6.03. The highest BCUT2D eigenvalue weighted by Gasteiger charge is 2.07. The van der Waals surface area contributed by atoms with E-state index in [1.165, 1.54) is 0 Å². The lowest BCUT2D eigenvalue weighted by Gasteiger charge is -2.09. The summed E-state index contributed by atoms with van der Waals surface area (Å²) in [5.74, 6) is 0.975. The number of amides is 1. The molecular formula is C13H15N3O2. The SMILES string of the molecule is CC(C)Oc1ccc(C(=O)Nc2ncc[nH]2)cc1. The first kappa shape index (κ1) is 12.2. The van der Waals surface area contributed by atoms with Crippen molar-refractivity contribution in [2.45, 2.75) is 20.0 Å². The maximum absolute atomic E-state index is 11.8. The first-order valence-electron chi connectivity index (χ1n) is 5.72. The van der Waals surface area contributed by atoms with Crippen molar-refractivity contribution in [3.8, 4) is 5.75 Å². The Bertz CT molecular complexity index is 504. The van der Waals surface area contributed by atoms with Crippen LogP contribution in [0.1, 0.15) is 24.2 Å². The van der Waals surface area contributed by atoms with E-state index in [9.17, 15) is 4.79 Å². The first-order valence-corrected chi connectivity index (χ1v) is 5.72. The lowest BCUT2D eigenvalue weighted by atomic mass is 10.2. The minimum Gasteiger partial charge on any atom is -0.491 e. The Hall–Kier alpha value is -2.30. The van der Waals surface area contributed by atoms with Crippen LogP contribution in [-0.4, -0.2) is 22.0 Å². The number of aromatic nitrogens is 2. The number of aromatic amines is 1. The smallest absolute Gasteiger partial charge is 0.257 e. The number of carbonyl (C=O) groups is 1. The van der Waals surface area contributed by atoms with Crippen LogP contribution in [0.4, 0.5) is 5.95 Å². The molecule has 0 aliphatic carbocycles. The molecule has 2 aromatic rings. The van der Waals surface area contributed by atoms with Gasteiger partial charge >= 0.3 is 0 Å². The summed E-state index contributed by atoms with van der Waals surface area (Å²) in [5, 5.41) is 2.65. The van der Waals surface area contributed by atoms with E-state index in [0.717, 1.165) is 5.75 Å². The van der Waals surface area contributed by atoms with Gasteiger partial charge in [0.2, 0.25) is 5.95 Å². The van der Waals surface area contributed by atoms with Gasteiger partial charge in [-0.1, -0.05) is 0 Å². The summed E-state index contributed by atoms with van der Waals surface area (Å²) in [5.41, 5.74) is 0.558. The van der Waals surface area contributed by atoms with Crippen LogP contribution in [0.2, 0.25) is 0 Å². The number of ether oxygens (including phenoxy) is 1. The van der Waals surface area contributed by atoms with Crippen molar-refractivity contribution in [1.82, 2.24) is 9.97 Å². The molecule has 0 aliphatic rings. The maximum Gasteiger partial charge on any atom is 0.257 e. The van der Waals surface area contributed by atoms with Crippen molar-refractivity contribution < 1.29 is 9.53 Å². The molecule has 1 amide bonds. The Morgan fingerprint density at radius 3 is 2.61 bits per heavy atom. The van der Waals surface area contributed by atoms with Gasteiger partial charge in [0, 0.05) is 18.0 Å². The van der Waals surface area contributed by atoms with E-state index in [0.29, 0.717) is 11.5 Å². The number of anilines is 1. The van der Waals surface area contributed by atoms with E-state index < -0.39 is 0 Å². The van der Waals surface area contributed by atoms with Gasteiger partial charge < -0.3 is 9.72 Å². The Morgan fingerprint density at radius 2 is 2.06 bits per heavy atom. The molecule has 1 aromatic carbocycles. The molecule has 1 heterocycles. The third-order valence-electron chi connectivity index (χ3n) is 2.22. The summed E-state index contributed by atoms with van der Waals surface area (Å²) in [4.78, 5) is 18.6. The lowest BCUT2D eigenvalue weighted by molar-refractivity contribution is 0.102. The monoisotopic (exact) mass is 245 g/mol. The van der Waals surface area contributed by atoms with Crippen LogP contribution in [0, 0.1) is 0 Å². The van der Waals surface area contributed by atoms with Crippen molar-refractivity contribution >= 4 is 11.9 Å². The van der Waals surface area contributed by atoms with Gasteiger partial charge in [-0.3, -0.25) is 10.1 Å². The fourth-order valence-corrected chi connectivity index (χ4v) is 1.47. The summed E-state index contributed by atoms with van der Waals surface area (Å²) < 4.78 is 5.50. The van der Waals surface area contributed by atoms with Gasteiger partial charge in [-0.25, -0.2) is 4.98 Å². The van der Waals surface area contributed by atoms with E-state index in [2.05, 4.69) is 15.3 Å². The molecule has 0 saturated carbocycles. The largest absolute Gasteiger partial charge is 0.491 e. The van der Waals surface area contributed by atoms with Gasteiger partial charge in [0.1, 0.15) is 5.75 Å². The van der Waals surface area contributed by atoms with E-state index in [4.69, 9.17) is 4.74 Å². The average molecular weight is 245 g/mol. The summed E-state index contributed by atoms with van der Waals surface area (Å²) in [6, 6.07) is 6.99. The number of hydrogen-bond acceptors (Lipinski definition) is 3. The molecule has 2 rings (SSSR count). The van der Waals surface area contributed by atoms with Crippen molar-refractivity contribution in [2.75, 3.05) is 5.32 Å². The number of carbonyl (C=O) groups excluding carboxylic acids is 1. The van der Waals surface area contributed by atoms with Crippen molar-refractivity contribution in [1.29, 1.82) is 0 Å². The summed E-state index contributed by atoms with van der Waals surface area (Å²) in [6.07, 6.45) is 3.34. The second-order valence-electron chi connectivity index (χ2n) is 4.08. The fraction of sp³-hybridized carbons (Fsp3) is 0.231. The Kier molecular flexibility index (Phi) is 3.62. The molecule has 0 bridgehead atoms. The number of imidazole rings is 1. The topological polar surface area (TPSA) is 67.0 Å². The Balaban J connectivity index is 2.03. The molecule has 18 heavy (non-hydrogen) atoms. The lowest BCUT2D eigenvalue weighted by Crippen LogP contribution is -2.13. The fourth-order valence-electron chi connectivity index (χ4n) is 1.47. The van der Waals surface area contributed by atoms with Crippen LogP contribution < -0.4 is 10.1 Å². The van der Waals surface area contributed by atoms with E-state index in [1.54, 1.807) is 36.7 Å². The first-order chi connectivity index (χ1) is 8.65. The number of hydrogen-bond donors (Lipinski definition) is 2. The van der Waals surface area contributed by atoms with Crippen LogP contribution in [0.15, 0.2) is 36.7 Å². The molecule has 0 radical (unpaired) electrons. The highest BCUT2D eigenvalue weighted by atomic mass is 16.5. The van der Waals surface area contributed by atoms with Gasteiger partial charge in [0.15, 0.2) is 0 Å². The van der Waals surface area contributed by atoms with E-state index in [-0.39, 0.29) is 12.0 Å². The van der Waals surface area contributed by atoms with E-state index >= 15 is 0 Å². The number of H-pyrrole nitrogens is 1. The molecule has 0 unspecified atom stereocenters. The normalized spacial score (nSPS) is 10.4. The zero-order valence-corrected chi connectivity index (χ0v) is 10.3. The standard InChI is InChI=1S/C13H15N3O2/c1-9(2)18-11-5-3-10(4-6-11)12(17)16-13-14-7-8-15-13/h3-9H,1-2H3,(H2,14,15,16,17). The third kappa shape index (κ3) is 3.10. The number of nitrogens with zero attached hydrogens (tertiary/aromatic N) is 1. The second kappa shape index (κ2) is 5.35. The number of nitrogens with one attached hydrogen (secondary N) is 2. The summed E-state index contributed by atoms with van der Waals surface area (Å²) in [6.45, 7) is 3.91. The minimum atomic E-state index is -0.207. The predicted octanol–water partition coefficient (Wildman–Crippen LogP) is 2.45. The molecule has 5 nitrogen and oxygen atoms in total. The molecule has 0 aliphatic heterocycles. The molecule has 0 spiro atoms. The zero-order valence-electron chi connectivity index (χ0n) is 10.3. The zero-order chi connectivity index (χ0) is 13.0. The molecule has 0 atom stereocenters. The van der Waals surface area contributed by atoms with Gasteiger partial charge in [-0.15, -0.1) is 0 Å². The van der Waals surface area contributed by atoms with Gasteiger partial charge in [-0.05, 0) is 38.1 Å². The molecule has 5 heteroatoms. The highest BCUT2D eigenvalue weighted by Crippen LogP contribution is 2.14. The maximum atomic E-state index is 11.8. The second-order valence-corrected chi connectivity index (χ2v) is 4.08. The molecule has 1 aromatic heterocycles. The Labute approximate surface area is 105 Å². The predicted molar refractivity (Wildman–Crippen MR) is 68.7 cm³/mol. The van der Waals surface area contributed by atoms with Crippen LogP contribution in [0.5, 0.6) is 5.75 Å². The van der Waals surface area contributed by atoms with Crippen LogP contribution in [0.3, 0.4) is 0 Å². The molecule has 94 valence electrons. The summed E-state index contributed by atoms with van der Waals surface area (Å²) >= 11 is 0. The van der Waals surface area contributed by atoms with Crippen molar-refractivity contribution in [3.63, 3.8) is 0 Å². The van der Waals surface area contributed by atoms with Gasteiger partial charge in [0.05, 0.1) is 6.10 Å². The third-order valence-corrected chi connectivity index (χ3v) is 2.22. The van der Waals surface area contributed by atoms with Crippen LogP contribution in [-0.2, 0) is 0 Å².